The first-order valence-electron chi connectivity index (χ1n) is 8.07. The number of fused-ring (bicyclic) bond motifs is 4. The summed E-state index contributed by atoms with van der Waals surface area (Å²) in [6.07, 6.45) is 0. The van der Waals surface area contributed by atoms with Crippen molar-refractivity contribution in [2.45, 2.75) is 19.6 Å². The Balaban J connectivity index is 1.65. The van der Waals surface area contributed by atoms with Crippen LogP contribution in [0, 0.1) is 0 Å². The molecular formula is C20H14N2O2S2. The van der Waals surface area contributed by atoms with Gasteiger partial charge in [-0.1, -0.05) is 23.5 Å². The average Bonchev–Trinajstić information content (AvgIpc) is 2.68. The van der Waals surface area contributed by atoms with Gasteiger partial charge in [-0.2, -0.15) is 0 Å². The van der Waals surface area contributed by atoms with Crippen LogP contribution in [0.5, 0.6) is 11.5 Å². The molecule has 3 aromatic rings. The second-order valence-corrected chi connectivity index (χ2v) is 8.05. The van der Waals surface area contributed by atoms with Gasteiger partial charge in [-0.25, -0.2) is 9.98 Å². The topological polar surface area (TPSA) is 43.2 Å². The van der Waals surface area contributed by atoms with Crippen LogP contribution in [0.4, 0.5) is 11.4 Å². The second kappa shape index (κ2) is 6.07. The van der Waals surface area contributed by atoms with E-state index in [9.17, 15) is 0 Å². The summed E-state index contributed by atoms with van der Waals surface area (Å²) < 4.78 is 10.7. The van der Waals surface area contributed by atoms with Gasteiger partial charge in [0.05, 0.1) is 36.3 Å². The summed E-state index contributed by atoms with van der Waals surface area (Å²) >= 11 is 3.42. The van der Waals surface area contributed by atoms with Crippen LogP contribution in [0.1, 0.15) is 0 Å². The van der Waals surface area contributed by atoms with Crippen LogP contribution in [0.25, 0.3) is 0 Å². The van der Waals surface area contributed by atoms with Gasteiger partial charge in [-0.3, -0.25) is 0 Å². The molecular weight excluding hydrogens is 364 g/mol. The van der Waals surface area contributed by atoms with Crippen LogP contribution in [0.3, 0.4) is 0 Å². The summed E-state index contributed by atoms with van der Waals surface area (Å²) in [5.41, 5.74) is 1.95. The van der Waals surface area contributed by atoms with Crippen molar-refractivity contribution in [1.29, 1.82) is 0 Å². The van der Waals surface area contributed by atoms with Crippen molar-refractivity contribution in [1.82, 2.24) is 0 Å². The standard InChI is InChI=1S/C20H14N2O2S2/c1-23-11-3-5-13-17(7-11)25-19-9-16-20(10-15(19)21-13)26-18-8-12(24-2)4-6-14(18)22-16/h3-10H,1-2H3. The first-order chi connectivity index (χ1) is 12.7. The second-order valence-electron chi connectivity index (χ2n) is 5.88. The van der Waals surface area contributed by atoms with Crippen LogP contribution < -0.4 is 20.2 Å². The van der Waals surface area contributed by atoms with Gasteiger partial charge >= 0.3 is 0 Å². The Morgan fingerprint density at radius 3 is 1.50 bits per heavy atom. The van der Waals surface area contributed by atoms with Gasteiger partial charge in [0.1, 0.15) is 11.5 Å². The number of hydrogen-bond acceptors (Lipinski definition) is 6. The first kappa shape index (κ1) is 15.8. The summed E-state index contributed by atoms with van der Waals surface area (Å²) in [5.74, 6) is 1.69. The van der Waals surface area contributed by atoms with E-state index in [0.29, 0.717) is 0 Å². The van der Waals surface area contributed by atoms with Crippen molar-refractivity contribution in [2.75, 3.05) is 14.2 Å². The van der Waals surface area contributed by atoms with Gasteiger partial charge < -0.3 is 9.47 Å². The maximum Gasteiger partial charge on any atom is 0.120 e. The summed E-state index contributed by atoms with van der Waals surface area (Å²) in [5, 5.41) is 1.97. The van der Waals surface area contributed by atoms with E-state index in [1.54, 1.807) is 37.7 Å². The van der Waals surface area contributed by atoms with Gasteiger partial charge in [0.15, 0.2) is 0 Å². The molecule has 4 nitrogen and oxygen atoms in total. The molecule has 6 heteroatoms. The molecule has 0 unspecified atom stereocenters. The molecule has 0 N–H and O–H groups in total. The number of hydrogen-bond donors (Lipinski definition) is 0. The third kappa shape index (κ3) is 2.57. The van der Waals surface area contributed by atoms with E-state index in [1.165, 1.54) is 0 Å². The highest BCUT2D eigenvalue weighted by Gasteiger charge is 2.18. The highest BCUT2D eigenvalue weighted by molar-refractivity contribution is 8.00. The summed E-state index contributed by atoms with van der Waals surface area (Å²) in [4.78, 5) is 14.1. The molecule has 3 aromatic carbocycles. The molecule has 0 aromatic heterocycles. The lowest BCUT2D eigenvalue weighted by Gasteiger charge is -2.17. The zero-order chi connectivity index (χ0) is 17.7. The maximum atomic E-state index is 5.33. The average molecular weight is 378 g/mol. The molecule has 2 aliphatic heterocycles. The smallest absolute Gasteiger partial charge is 0.120 e. The predicted octanol–water partition coefficient (Wildman–Crippen LogP) is 4.54. The molecule has 0 fully saturated rings. The van der Waals surface area contributed by atoms with E-state index in [2.05, 4.69) is 12.1 Å². The van der Waals surface area contributed by atoms with Crippen molar-refractivity contribution in [3.05, 3.63) is 59.2 Å². The minimum absolute atomic E-state index is 0.843. The summed E-state index contributed by atoms with van der Waals surface area (Å²) in [6, 6.07) is 16.2. The van der Waals surface area contributed by atoms with Gasteiger partial charge in [0.2, 0.25) is 0 Å². The van der Waals surface area contributed by atoms with E-state index in [-0.39, 0.29) is 0 Å². The zero-order valence-corrected chi connectivity index (χ0v) is 15.8. The molecule has 128 valence electrons. The Kier molecular flexibility index (Phi) is 3.69. The van der Waals surface area contributed by atoms with E-state index in [1.807, 2.05) is 36.4 Å². The lowest BCUT2D eigenvalue weighted by atomic mass is 10.2. The van der Waals surface area contributed by atoms with Crippen molar-refractivity contribution in [2.24, 2.45) is 9.98 Å². The SMILES string of the molecule is COc1ccc2c(c1)Sc1cc3c(cc1=N2)Sc1cc(OC)ccc1N=3. The van der Waals surface area contributed by atoms with E-state index >= 15 is 0 Å². The quantitative estimate of drug-likeness (QED) is 0.452. The zero-order valence-electron chi connectivity index (χ0n) is 14.1. The third-order valence-corrected chi connectivity index (χ3v) is 6.48. The minimum Gasteiger partial charge on any atom is -0.497 e. The number of methoxy groups -OCH3 is 2. The predicted molar refractivity (Wildman–Crippen MR) is 102 cm³/mol. The summed E-state index contributed by atoms with van der Waals surface area (Å²) in [6.45, 7) is 0. The molecule has 0 spiro atoms. The molecule has 0 aliphatic carbocycles. The minimum atomic E-state index is 0.843. The molecule has 0 atom stereocenters. The van der Waals surface area contributed by atoms with E-state index in [4.69, 9.17) is 19.5 Å². The third-order valence-electron chi connectivity index (χ3n) is 4.30. The van der Waals surface area contributed by atoms with Crippen LogP contribution in [-0.4, -0.2) is 14.2 Å². The fourth-order valence-electron chi connectivity index (χ4n) is 2.96. The van der Waals surface area contributed by atoms with Crippen molar-refractivity contribution < 1.29 is 9.47 Å². The van der Waals surface area contributed by atoms with Crippen LogP contribution >= 0.6 is 23.5 Å². The van der Waals surface area contributed by atoms with E-state index < -0.39 is 0 Å². The molecule has 2 aliphatic rings. The van der Waals surface area contributed by atoms with Crippen LogP contribution in [0.2, 0.25) is 0 Å². The number of ether oxygens (including phenoxy) is 2. The summed E-state index contributed by atoms with van der Waals surface area (Å²) in [7, 11) is 3.36. The maximum absolute atomic E-state index is 5.33. The Morgan fingerprint density at radius 2 is 1.08 bits per heavy atom. The van der Waals surface area contributed by atoms with Crippen molar-refractivity contribution >= 4 is 34.9 Å². The monoisotopic (exact) mass is 378 g/mol. The Bertz CT molecular complexity index is 1080. The van der Waals surface area contributed by atoms with E-state index in [0.717, 1.165) is 53.2 Å². The normalized spacial score (nSPS) is 13.3. The lowest BCUT2D eigenvalue weighted by molar-refractivity contribution is 0.413. The molecule has 2 heterocycles. The molecule has 0 radical (unpaired) electrons. The first-order valence-corrected chi connectivity index (χ1v) is 9.70. The van der Waals surface area contributed by atoms with Crippen molar-refractivity contribution in [3.8, 4) is 11.5 Å². The number of rotatable bonds is 2. The van der Waals surface area contributed by atoms with Gasteiger partial charge in [0, 0.05) is 19.6 Å². The highest BCUT2D eigenvalue weighted by atomic mass is 32.2. The Labute approximate surface area is 159 Å². The molecule has 0 amide bonds. The molecule has 0 saturated carbocycles. The molecule has 0 saturated heterocycles. The van der Waals surface area contributed by atoms with Crippen LogP contribution in [-0.2, 0) is 0 Å². The Morgan fingerprint density at radius 1 is 0.615 bits per heavy atom. The number of benzene rings is 3. The van der Waals surface area contributed by atoms with Gasteiger partial charge in [-0.15, -0.1) is 0 Å². The largest absolute Gasteiger partial charge is 0.497 e. The molecule has 0 bridgehead atoms. The van der Waals surface area contributed by atoms with Crippen LogP contribution in [0.15, 0.2) is 78.1 Å². The fraction of sp³-hybridized carbons (Fsp3) is 0.100. The fourth-order valence-corrected chi connectivity index (χ4v) is 4.98. The highest BCUT2D eigenvalue weighted by Crippen LogP contribution is 2.41. The van der Waals surface area contributed by atoms with Gasteiger partial charge in [-0.05, 0) is 48.5 Å². The molecule has 26 heavy (non-hydrogen) atoms. The Hall–Kier alpha value is -2.44. The molecule has 5 rings (SSSR count). The van der Waals surface area contributed by atoms with Gasteiger partial charge in [0.25, 0.3) is 0 Å². The lowest BCUT2D eigenvalue weighted by Crippen LogP contribution is -2.17. The number of nitrogens with zero attached hydrogens (tertiary/aromatic N) is 2. The van der Waals surface area contributed by atoms with Crippen molar-refractivity contribution in [3.63, 3.8) is 0 Å².